The van der Waals surface area contributed by atoms with Crippen LogP contribution in [0.4, 0.5) is 0 Å². The quantitative estimate of drug-likeness (QED) is 0.744. The molecule has 0 amide bonds. The maximum atomic E-state index is 10.3. The second kappa shape index (κ2) is 6.85. The molecule has 106 valence electrons. The molecule has 2 aliphatic rings. The molecule has 1 saturated carbocycles. The van der Waals surface area contributed by atoms with Gasteiger partial charge in [0.1, 0.15) is 0 Å². The normalized spacial score (nSPS) is 33.7. The first-order valence-electron chi connectivity index (χ1n) is 7.52. The van der Waals surface area contributed by atoms with Crippen molar-refractivity contribution in [2.45, 2.75) is 63.8 Å². The summed E-state index contributed by atoms with van der Waals surface area (Å²) in [6, 6.07) is 0.731. The Balaban J connectivity index is 1.78. The standard InChI is InChI=1S/C14H28N2O2/c1-3-16(4-2)9-13-14(17)12(10-18-13)15-11-7-5-6-8-11/h11-15,17H,3-10H2,1-2H3/t12?,13-,14+/m0/s1. The van der Waals surface area contributed by atoms with Crippen LogP contribution in [0.2, 0.25) is 0 Å². The number of likely N-dealkylation sites (N-methyl/N-ethyl adjacent to an activating group) is 1. The van der Waals surface area contributed by atoms with E-state index < -0.39 is 0 Å². The monoisotopic (exact) mass is 256 g/mol. The Bertz CT molecular complexity index is 228. The van der Waals surface area contributed by atoms with Gasteiger partial charge in [0.05, 0.1) is 24.9 Å². The fourth-order valence-electron chi connectivity index (χ4n) is 3.12. The van der Waals surface area contributed by atoms with Gasteiger partial charge >= 0.3 is 0 Å². The number of nitrogens with zero attached hydrogens (tertiary/aromatic N) is 1. The van der Waals surface area contributed by atoms with Gasteiger partial charge in [0.15, 0.2) is 0 Å². The summed E-state index contributed by atoms with van der Waals surface area (Å²) < 4.78 is 5.77. The fourth-order valence-corrected chi connectivity index (χ4v) is 3.12. The van der Waals surface area contributed by atoms with E-state index in [1.165, 1.54) is 25.7 Å². The third-order valence-corrected chi connectivity index (χ3v) is 4.42. The number of aliphatic hydroxyl groups excluding tert-OH is 1. The molecule has 0 aromatic heterocycles. The van der Waals surface area contributed by atoms with Crippen LogP contribution in [0.1, 0.15) is 39.5 Å². The molecular formula is C14H28N2O2. The lowest BCUT2D eigenvalue weighted by atomic mass is 10.1. The summed E-state index contributed by atoms with van der Waals surface area (Å²) >= 11 is 0. The van der Waals surface area contributed by atoms with Crippen LogP contribution in [0.5, 0.6) is 0 Å². The number of aliphatic hydroxyl groups is 1. The lowest BCUT2D eigenvalue weighted by molar-refractivity contribution is 0.0169. The summed E-state index contributed by atoms with van der Waals surface area (Å²) in [5, 5.41) is 13.9. The van der Waals surface area contributed by atoms with Gasteiger partial charge in [-0.05, 0) is 25.9 Å². The second-order valence-corrected chi connectivity index (χ2v) is 5.60. The Labute approximate surface area is 111 Å². The van der Waals surface area contributed by atoms with Crippen LogP contribution in [-0.2, 0) is 4.74 Å². The fraction of sp³-hybridized carbons (Fsp3) is 1.00. The number of hydrogen-bond acceptors (Lipinski definition) is 4. The summed E-state index contributed by atoms with van der Waals surface area (Å²) in [6.45, 7) is 7.84. The zero-order valence-corrected chi connectivity index (χ0v) is 11.8. The molecule has 0 spiro atoms. The van der Waals surface area contributed by atoms with Crippen molar-refractivity contribution < 1.29 is 9.84 Å². The van der Waals surface area contributed by atoms with E-state index in [2.05, 4.69) is 24.1 Å². The van der Waals surface area contributed by atoms with Crippen LogP contribution in [-0.4, -0.2) is 60.5 Å². The first-order chi connectivity index (χ1) is 8.74. The molecule has 1 aliphatic carbocycles. The highest BCUT2D eigenvalue weighted by molar-refractivity contribution is 4.92. The topological polar surface area (TPSA) is 44.7 Å². The molecule has 1 aliphatic heterocycles. The van der Waals surface area contributed by atoms with Crippen molar-refractivity contribution in [3.05, 3.63) is 0 Å². The van der Waals surface area contributed by atoms with Gasteiger partial charge in [-0.15, -0.1) is 0 Å². The van der Waals surface area contributed by atoms with Crippen molar-refractivity contribution in [1.29, 1.82) is 0 Å². The molecule has 18 heavy (non-hydrogen) atoms. The van der Waals surface area contributed by atoms with Gasteiger partial charge < -0.3 is 20.1 Å². The molecule has 0 aromatic rings. The predicted molar refractivity (Wildman–Crippen MR) is 72.7 cm³/mol. The maximum absolute atomic E-state index is 10.3. The second-order valence-electron chi connectivity index (χ2n) is 5.60. The van der Waals surface area contributed by atoms with Crippen LogP contribution in [0.15, 0.2) is 0 Å². The predicted octanol–water partition coefficient (Wildman–Crippen LogP) is 0.989. The first kappa shape index (κ1) is 14.3. The van der Waals surface area contributed by atoms with Gasteiger partial charge in [-0.1, -0.05) is 26.7 Å². The number of hydrogen-bond donors (Lipinski definition) is 2. The Hall–Kier alpha value is -0.160. The molecular weight excluding hydrogens is 228 g/mol. The van der Waals surface area contributed by atoms with E-state index in [0.29, 0.717) is 12.6 Å². The minimum absolute atomic E-state index is 0.0243. The SMILES string of the molecule is CCN(CC)C[C@@H]1OCC(NC2CCCC2)[C@H]1O. The molecule has 2 N–H and O–H groups in total. The average molecular weight is 256 g/mol. The molecule has 1 unspecified atom stereocenters. The summed E-state index contributed by atoms with van der Waals surface area (Å²) in [5.41, 5.74) is 0. The van der Waals surface area contributed by atoms with Crippen molar-refractivity contribution in [2.24, 2.45) is 0 Å². The van der Waals surface area contributed by atoms with E-state index in [4.69, 9.17) is 4.74 Å². The Morgan fingerprint density at radius 1 is 1.22 bits per heavy atom. The molecule has 1 heterocycles. The minimum Gasteiger partial charge on any atom is -0.389 e. The molecule has 3 atom stereocenters. The lowest BCUT2D eigenvalue weighted by Gasteiger charge is -2.25. The zero-order chi connectivity index (χ0) is 13.0. The summed E-state index contributed by atoms with van der Waals surface area (Å²) in [4.78, 5) is 2.31. The molecule has 0 radical (unpaired) electrons. The molecule has 4 heteroatoms. The molecule has 4 nitrogen and oxygen atoms in total. The summed E-state index contributed by atoms with van der Waals surface area (Å²) in [7, 11) is 0. The van der Waals surface area contributed by atoms with Crippen LogP contribution in [0, 0.1) is 0 Å². The minimum atomic E-state index is -0.355. The number of ether oxygens (including phenoxy) is 1. The van der Waals surface area contributed by atoms with Crippen molar-refractivity contribution in [1.82, 2.24) is 10.2 Å². The van der Waals surface area contributed by atoms with E-state index in [1.807, 2.05) is 0 Å². The summed E-state index contributed by atoms with van der Waals surface area (Å²) in [5.74, 6) is 0. The smallest absolute Gasteiger partial charge is 0.0989 e. The molecule has 1 saturated heterocycles. The van der Waals surface area contributed by atoms with Gasteiger partial charge in [0.2, 0.25) is 0 Å². The molecule has 0 bridgehead atoms. The Kier molecular flexibility index (Phi) is 5.42. The average Bonchev–Trinajstić information content (AvgIpc) is 3.00. The highest BCUT2D eigenvalue weighted by Crippen LogP contribution is 2.22. The van der Waals surface area contributed by atoms with Gasteiger partial charge in [-0.2, -0.15) is 0 Å². The number of nitrogens with one attached hydrogen (secondary N) is 1. The van der Waals surface area contributed by atoms with Gasteiger partial charge in [0.25, 0.3) is 0 Å². The van der Waals surface area contributed by atoms with Gasteiger partial charge in [-0.25, -0.2) is 0 Å². The first-order valence-corrected chi connectivity index (χ1v) is 7.52. The van der Waals surface area contributed by atoms with E-state index >= 15 is 0 Å². The van der Waals surface area contributed by atoms with Crippen molar-refractivity contribution in [3.8, 4) is 0 Å². The molecule has 2 rings (SSSR count). The Morgan fingerprint density at radius 2 is 1.89 bits per heavy atom. The summed E-state index contributed by atoms with van der Waals surface area (Å²) in [6.07, 6.45) is 4.78. The van der Waals surface area contributed by atoms with Crippen molar-refractivity contribution in [3.63, 3.8) is 0 Å². The van der Waals surface area contributed by atoms with Crippen molar-refractivity contribution >= 4 is 0 Å². The van der Waals surface area contributed by atoms with Crippen LogP contribution >= 0.6 is 0 Å². The van der Waals surface area contributed by atoms with Gasteiger partial charge in [-0.3, -0.25) is 0 Å². The molecule has 0 aromatic carbocycles. The maximum Gasteiger partial charge on any atom is 0.0989 e. The van der Waals surface area contributed by atoms with Crippen LogP contribution < -0.4 is 5.32 Å². The Morgan fingerprint density at radius 3 is 2.50 bits per heavy atom. The van der Waals surface area contributed by atoms with Crippen LogP contribution in [0.25, 0.3) is 0 Å². The van der Waals surface area contributed by atoms with Crippen LogP contribution in [0.3, 0.4) is 0 Å². The van der Waals surface area contributed by atoms with Gasteiger partial charge in [0, 0.05) is 12.6 Å². The van der Waals surface area contributed by atoms with Crippen molar-refractivity contribution in [2.75, 3.05) is 26.2 Å². The zero-order valence-electron chi connectivity index (χ0n) is 11.8. The third kappa shape index (κ3) is 3.44. The highest BCUT2D eigenvalue weighted by atomic mass is 16.5. The van der Waals surface area contributed by atoms with E-state index in [-0.39, 0.29) is 18.2 Å². The molecule has 2 fully saturated rings. The van der Waals surface area contributed by atoms with E-state index in [9.17, 15) is 5.11 Å². The lowest BCUT2D eigenvalue weighted by Crippen LogP contribution is -2.47. The van der Waals surface area contributed by atoms with E-state index in [1.54, 1.807) is 0 Å². The van der Waals surface area contributed by atoms with E-state index in [0.717, 1.165) is 19.6 Å². The highest BCUT2D eigenvalue weighted by Gasteiger charge is 2.37. The largest absolute Gasteiger partial charge is 0.389 e. The number of rotatable bonds is 6. The third-order valence-electron chi connectivity index (χ3n) is 4.42.